The van der Waals surface area contributed by atoms with Crippen molar-refractivity contribution in [2.45, 2.75) is 180 Å². The van der Waals surface area contributed by atoms with Gasteiger partial charge in [-0.3, -0.25) is 14.7 Å². The van der Waals surface area contributed by atoms with Crippen LogP contribution in [0.15, 0.2) is 158 Å². The van der Waals surface area contributed by atoms with Crippen LogP contribution >= 0.6 is 0 Å². The Hall–Kier alpha value is -7.87. The van der Waals surface area contributed by atoms with Crippen molar-refractivity contribution >= 4 is 18.1 Å². The van der Waals surface area contributed by atoms with Crippen LogP contribution in [0.4, 0.5) is 14.4 Å². The molecule has 3 heterocycles. The quantitative estimate of drug-likeness (QED) is 0.0626. The second-order valence-electron chi connectivity index (χ2n) is 31.1. The summed E-state index contributed by atoms with van der Waals surface area (Å²) in [5.41, 5.74) is 5.84. The number of amides is 6. The highest BCUT2D eigenvalue weighted by Crippen LogP contribution is 2.53. The molecule has 18 nitrogen and oxygen atoms in total. The molecule has 6 aromatic rings. The van der Waals surface area contributed by atoms with Crippen molar-refractivity contribution < 1.29 is 43.2 Å². The summed E-state index contributed by atoms with van der Waals surface area (Å²) in [6, 6.07) is 54.7. The minimum absolute atomic E-state index is 0.00221. The highest BCUT2D eigenvalue weighted by molar-refractivity contribution is 5.79. The van der Waals surface area contributed by atoms with Crippen molar-refractivity contribution in [2.75, 3.05) is 103 Å². The molecule has 5 aliphatic carbocycles. The third-order valence-corrected chi connectivity index (χ3v) is 25.1. The van der Waals surface area contributed by atoms with Gasteiger partial charge in [0.1, 0.15) is 0 Å². The predicted molar refractivity (Wildman–Crippen MR) is 396 cm³/mol. The van der Waals surface area contributed by atoms with Crippen molar-refractivity contribution in [3.8, 4) is 23.0 Å². The molecule has 3 aliphatic heterocycles. The number of nitrogens with zero attached hydrogens (tertiary/aromatic N) is 7. The zero-order valence-corrected chi connectivity index (χ0v) is 61.7. The molecule has 0 bridgehead atoms. The molecule has 8 fully saturated rings. The van der Waals surface area contributed by atoms with Crippen LogP contribution in [-0.4, -0.2) is 189 Å². The number of carbonyl (C=O) groups excluding carboxylic acids is 3. The van der Waals surface area contributed by atoms with E-state index in [0.717, 1.165) is 133 Å². The standard InChI is InChI=1S/C37H47N3O4.C25H33N3O3.C21H31N3O2/c1-38(2)37(31-14-9-6-10-15-31)22-20-35(21-23-37)27-39(25-30-16-17-32(42-3)33(24-30)43-4)34(41)40(35)28-36(18-11-19-36)44-26-29-12-7-5-8-13-29;1-27(2)25(20-8-6-5-7-9-20)14-12-24(13-15-25)18-28(23(29)26-24)17-19-10-11-21(30-3)22(16-19)31-4;1-23(2)21(17-7-4-3-5-8-17)13-11-19(12-14-21)15-22-18(25)24(19)16-20(26)9-6-10-20/h5-10,12-17,24H,11,18-23,25-28H2,1-4H3;5-11,16H,12-15,17-18H2,1-4H3,(H,26,29);3-5,7-8,26H,6,9-16H2,1-2H3,(H,22,25). The summed E-state index contributed by atoms with van der Waals surface area (Å²) in [5, 5.41) is 17.0. The van der Waals surface area contributed by atoms with E-state index in [2.05, 4.69) is 193 Å². The van der Waals surface area contributed by atoms with Crippen LogP contribution in [0.1, 0.15) is 149 Å². The summed E-state index contributed by atoms with van der Waals surface area (Å²) in [6.45, 7) is 4.95. The van der Waals surface area contributed by atoms with Gasteiger partial charge in [0.25, 0.3) is 0 Å². The van der Waals surface area contributed by atoms with E-state index in [4.69, 9.17) is 23.7 Å². The Bertz CT molecular complexity index is 3750. The average molecular weight is 1380 g/mol. The van der Waals surface area contributed by atoms with Gasteiger partial charge in [0.15, 0.2) is 23.0 Å². The van der Waals surface area contributed by atoms with Crippen molar-refractivity contribution in [3.63, 3.8) is 0 Å². The number of hydrogen-bond donors (Lipinski definition) is 3. The molecule has 0 aromatic heterocycles. The van der Waals surface area contributed by atoms with E-state index >= 15 is 0 Å². The third-order valence-electron chi connectivity index (χ3n) is 25.1. The van der Waals surface area contributed by atoms with Gasteiger partial charge in [0.2, 0.25) is 0 Å². The van der Waals surface area contributed by atoms with Gasteiger partial charge < -0.3 is 59.0 Å². The third kappa shape index (κ3) is 14.8. The summed E-state index contributed by atoms with van der Waals surface area (Å²) >= 11 is 0. The first-order valence-electron chi connectivity index (χ1n) is 36.8. The lowest BCUT2D eigenvalue weighted by Gasteiger charge is -2.53. The van der Waals surface area contributed by atoms with Crippen LogP contribution in [0.3, 0.4) is 0 Å². The number of carbonyl (C=O) groups is 3. The minimum atomic E-state index is -0.663. The van der Waals surface area contributed by atoms with E-state index in [-0.39, 0.29) is 56.9 Å². The van der Waals surface area contributed by atoms with Crippen LogP contribution < -0.4 is 29.6 Å². The number of β-amino-alcohol motifs (C(OH)–C–C–N with tert-alkyl or cyclic N) is 1. The number of benzene rings is 6. The van der Waals surface area contributed by atoms with Crippen LogP contribution in [0.25, 0.3) is 0 Å². The predicted octanol–water partition coefficient (Wildman–Crippen LogP) is 13.5. The molecular weight excluding hydrogens is 1270 g/mol. The van der Waals surface area contributed by atoms with Crippen molar-refractivity contribution in [3.05, 3.63) is 191 Å². The van der Waals surface area contributed by atoms with E-state index in [1.165, 1.54) is 22.3 Å². The lowest BCUT2D eigenvalue weighted by molar-refractivity contribution is -0.130. The Morgan fingerprint density at radius 1 is 0.426 bits per heavy atom. The molecule has 14 rings (SSSR count). The van der Waals surface area contributed by atoms with Gasteiger partial charge in [-0.15, -0.1) is 0 Å². The van der Waals surface area contributed by atoms with Crippen LogP contribution in [0.5, 0.6) is 23.0 Å². The molecule has 542 valence electrons. The maximum absolute atomic E-state index is 14.4. The molecular formula is C83H111N9O9. The topological polar surface area (TPSA) is 164 Å². The maximum atomic E-state index is 14.4. The molecule has 5 saturated carbocycles. The largest absolute Gasteiger partial charge is 0.493 e. The van der Waals surface area contributed by atoms with Crippen molar-refractivity contribution in [1.82, 2.24) is 44.9 Å². The summed E-state index contributed by atoms with van der Waals surface area (Å²) < 4.78 is 28.5. The molecule has 8 aliphatic rings. The second-order valence-corrected chi connectivity index (χ2v) is 31.1. The molecule has 101 heavy (non-hydrogen) atoms. The molecule has 3 spiro atoms. The fourth-order valence-corrected chi connectivity index (χ4v) is 18.3. The Morgan fingerprint density at radius 3 is 1.27 bits per heavy atom. The summed E-state index contributed by atoms with van der Waals surface area (Å²) in [6.07, 6.45) is 17.7. The number of methoxy groups -OCH3 is 4. The molecule has 3 N–H and O–H groups in total. The number of aliphatic hydroxyl groups is 1. The first-order chi connectivity index (χ1) is 48.6. The van der Waals surface area contributed by atoms with E-state index in [0.29, 0.717) is 68.9 Å². The van der Waals surface area contributed by atoms with Gasteiger partial charge >= 0.3 is 18.1 Å². The van der Waals surface area contributed by atoms with E-state index in [1.807, 2.05) is 52.3 Å². The second kappa shape index (κ2) is 30.2. The Balaban J connectivity index is 0.000000149. The first-order valence-corrected chi connectivity index (χ1v) is 36.8. The number of rotatable bonds is 21. The van der Waals surface area contributed by atoms with Gasteiger partial charge in [-0.1, -0.05) is 133 Å². The molecule has 18 heteroatoms. The SMILES string of the molecule is CN(C)C1(c2ccccc2)CCC2(CC1)CNC(=O)N2CC1(O)CCC1.COc1ccc(CN2CC3(CCC(c4ccccc4)(N(C)C)CC3)N(CC3(OCc4ccccc4)CCC3)C2=O)cc1OC.COc1ccc(CN2CC3(CCC(c4ccccc4)(N(C)C)CC3)NC2=O)cc1OC. The van der Waals surface area contributed by atoms with Gasteiger partial charge in [-0.05, 0) is 216 Å². The number of nitrogens with one attached hydrogen (secondary N) is 2. The Morgan fingerprint density at radius 2 is 0.851 bits per heavy atom. The molecule has 0 radical (unpaired) electrons. The number of ether oxygens (including phenoxy) is 5. The Kier molecular flexibility index (Phi) is 21.8. The number of hydrogen-bond acceptors (Lipinski definition) is 12. The summed E-state index contributed by atoms with van der Waals surface area (Å²) in [4.78, 5) is 55.1. The zero-order chi connectivity index (χ0) is 71.3. The molecule has 0 atom stereocenters. The van der Waals surface area contributed by atoms with E-state index < -0.39 is 5.60 Å². The monoisotopic (exact) mass is 1380 g/mol. The molecule has 6 amide bonds. The van der Waals surface area contributed by atoms with E-state index in [9.17, 15) is 19.5 Å². The highest BCUT2D eigenvalue weighted by atomic mass is 16.5. The summed E-state index contributed by atoms with van der Waals surface area (Å²) in [5.74, 6) is 2.76. The van der Waals surface area contributed by atoms with Gasteiger partial charge in [0, 0.05) is 49.3 Å². The lowest BCUT2D eigenvalue weighted by Crippen LogP contribution is -2.60. The normalized spacial score (nSPS) is 27.2. The fourth-order valence-electron chi connectivity index (χ4n) is 18.3. The van der Waals surface area contributed by atoms with Crippen molar-refractivity contribution in [2.24, 2.45) is 0 Å². The first kappa shape index (κ1) is 72.9. The van der Waals surface area contributed by atoms with Crippen LogP contribution in [0.2, 0.25) is 0 Å². The molecule has 3 saturated heterocycles. The average Bonchev–Trinajstić information content (AvgIpc) is 1.60. The van der Waals surface area contributed by atoms with Crippen molar-refractivity contribution in [1.29, 1.82) is 0 Å². The van der Waals surface area contributed by atoms with Crippen LogP contribution in [0, 0.1) is 0 Å². The lowest BCUT2D eigenvalue weighted by atomic mass is 9.67. The van der Waals surface area contributed by atoms with Gasteiger partial charge in [-0.25, -0.2) is 14.4 Å². The number of urea groups is 3. The minimum Gasteiger partial charge on any atom is -0.493 e. The zero-order valence-electron chi connectivity index (χ0n) is 61.7. The van der Waals surface area contributed by atoms with Gasteiger partial charge in [0.05, 0.1) is 76.0 Å². The van der Waals surface area contributed by atoms with Gasteiger partial charge in [-0.2, -0.15) is 0 Å². The Labute approximate surface area is 600 Å². The molecule has 0 unspecified atom stereocenters. The fraction of sp³-hybridized carbons (Fsp3) is 0.530. The maximum Gasteiger partial charge on any atom is 0.321 e. The smallest absolute Gasteiger partial charge is 0.321 e. The van der Waals surface area contributed by atoms with Crippen LogP contribution in [-0.2, 0) is 41.1 Å². The highest BCUT2D eigenvalue weighted by Gasteiger charge is 2.58. The summed E-state index contributed by atoms with van der Waals surface area (Å²) in [7, 11) is 19.6. The van der Waals surface area contributed by atoms with E-state index in [1.54, 1.807) is 28.4 Å². The molecule has 6 aromatic carbocycles.